The second-order valence-corrected chi connectivity index (χ2v) is 4.61. The molecule has 0 aliphatic carbocycles. The predicted octanol–water partition coefficient (Wildman–Crippen LogP) is 1.95. The van der Waals surface area contributed by atoms with Gasteiger partial charge in [-0.25, -0.2) is 4.98 Å². The second-order valence-electron chi connectivity index (χ2n) is 4.61. The number of fused-ring (bicyclic) bond motifs is 1. The summed E-state index contributed by atoms with van der Waals surface area (Å²) in [6, 6.07) is 3.84. The minimum absolute atomic E-state index is 0.0327. The molecule has 3 rings (SSSR count). The van der Waals surface area contributed by atoms with Gasteiger partial charge >= 0.3 is 5.97 Å². The van der Waals surface area contributed by atoms with Crippen molar-refractivity contribution in [1.82, 2.24) is 10.3 Å². The van der Waals surface area contributed by atoms with Crippen molar-refractivity contribution in [2.24, 2.45) is 5.92 Å². The minimum Gasteiger partial charge on any atom is -0.481 e. The summed E-state index contributed by atoms with van der Waals surface area (Å²) in [6.45, 7) is 0.717. The van der Waals surface area contributed by atoms with Crippen LogP contribution in [0.15, 0.2) is 29.0 Å². The highest BCUT2D eigenvalue weighted by Gasteiger charge is 2.29. The van der Waals surface area contributed by atoms with Crippen molar-refractivity contribution < 1.29 is 14.3 Å². The number of rotatable bonds is 2. The average Bonchev–Trinajstić information content (AvgIpc) is 2.82. The highest BCUT2D eigenvalue weighted by Crippen LogP contribution is 2.32. The molecule has 1 aliphatic rings. The fourth-order valence-electron chi connectivity index (χ4n) is 2.54. The smallest absolute Gasteiger partial charge is 0.306 e. The molecular weight excluding hydrogens is 232 g/mol. The van der Waals surface area contributed by atoms with Gasteiger partial charge in [-0.1, -0.05) is 0 Å². The quantitative estimate of drug-likeness (QED) is 0.847. The Bertz CT molecular complexity index is 578. The maximum absolute atomic E-state index is 11.1. The molecule has 5 nitrogen and oxygen atoms in total. The van der Waals surface area contributed by atoms with E-state index in [-0.39, 0.29) is 12.0 Å². The lowest BCUT2D eigenvalue weighted by atomic mass is 9.89. The van der Waals surface area contributed by atoms with E-state index in [4.69, 9.17) is 9.52 Å². The van der Waals surface area contributed by atoms with Crippen molar-refractivity contribution in [2.75, 3.05) is 6.54 Å². The van der Waals surface area contributed by atoms with Crippen LogP contribution >= 0.6 is 0 Å². The number of nitrogens with zero attached hydrogens (tertiary/aromatic N) is 1. The van der Waals surface area contributed by atoms with Crippen molar-refractivity contribution in [3.05, 3.63) is 30.2 Å². The van der Waals surface area contributed by atoms with E-state index in [2.05, 4.69) is 10.3 Å². The number of aliphatic carboxylic acids is 1. The van der Waals surface area contributed by atoms with Crippen LogP contribution in [0.3, 0.4) is 0 Å². The predicted molar refractivity (Wildman–Crippen MR) is 65.1 cm³/mol. The van der Waals surface area contributed by atoms with E-state index < -0.39 is 5.97 Å². The summed E-state index contributed by atoms with van der Waals surface area (Å²) in [5.74, 6) is -0.995. The molecule has 0 radical (unpaired) electrons. The third-order valence-corrected chi connectivity index (χ3v) is 3.51. The molecular formula is C13H14N2O3. The Morgan fingerprint density at radius 2 is 2.44 bits per heavy atom. The number of carboxylic acid groups (broad SMARTS) is 1. The van der Waals surface area contributed by atoms with E-state index in [0.717, 1.165) is 10.9 Å². The van der Waals surface area contributed by atoms with Crippen LogP contribution < -0.4 is 5.32 Å². The molecule has 1 aliphatic heterocycles. The van der Waals surface area contributed by atoms with Crippen LogP contribution in [-0.2, 0) is 4.79 Å². The fraction of sp³-hybridized carbons (Fsp3) is 0.385. The van der Waals surface area contributed by atoms with E-state index in [1.165, 1.54) is 0 Å². The standard InChI is InChI=1S/C13H14N2O3/c16-13(17)8-3-5-14-11(6-8)10-7-18-12-9(10)2-1-4-15-12/h1-2,4,7-8,11,14H,3,5-6H2,(H,16,17). The first-order valence-corrected chi connectivity index (χ1v) is 6.04. The summed E-state index contributed by atoms with van der Waals surface area (Å²) in [6.07, 6.45) is 4.64. The summed E-state index contributed by atoms with van der Waals surface area (Å²) in [5.41, 5.74) is 1.61. The molecule has 18 heavy (non-hydrogen) atoms. The molecule has 2 aromatic heterocycles. The molecule has 2 N–H and O–H groups in total. The number of piperidine rings is 1. The Balaban J connectivity index is 1.92. The van der Waals surface area contributed by atoms with Crippen LogP contribution in [0.5, 0.6) is 0 Å². The lowest BCUT2D eigenvalue weighted by Gasteiger charge is -2.27. The van der Waals surface area contributed by atoms with Gasteiger partial charge in [0.05, 0.1) is 12.2 Å². The van der Waals surface area contributed by atoms with E-state index >= 15 is 0 Å². The minimum atomic E-state index is -0.715. The lowest BCUT2D eigenvalue weighted by molar-refractivity contribution is -0.143. The van der Waals surface area contributed by atoms with Crippen molar-refractivity contribution in [2.45, 2.75) is 18.9 Å². The molecule has 5 heteroatoms. The Morgan fingerprint density at radius 3 is 3.28 bits per heavy atom. The van der Waals surface area contributed by atoms with E-state index in [0.29, 0.717) is 25.1 Å². The van der Waals surface area contributed by atoms with Crippen LogP contribution in [0.25, 0.3) is 11.1 Å². The van der Waals surface area contributed by atoms with E-state index in [9.17, 15) is 4.79 Å². The third-order valence-electron chi connectivity index (χ3n) is 3.51. The van der Waals surface area contributed by atoms with Crippen molar-refractivity contribution in [3.8, 4) is 0 Å². The number of aromatic nitrogens is 1. The Hall–Kier alpha value is -1.88. The SMILES string of the molecule is O=C(O)C1CCNC(c2coc3ncccc23)C1. The summed E-state index contributed by atoms with van der Waals surface area (Å²) in [7, 11) is 0. The number of furan rings is 1. The number of carbonyl (C=O) groups is 1. The highest BCUT2D eigenvalue weighted by molar-refractivity contribution is 5.78. The zero-order valence-electron chi connectivity index (χ0n) is 9.80. The monoisotopic (exact) mass is 246 g/mol. The molecule has 2 atom stereocenters. The van der Waals surface area contributed by atoms with Gasteiger partial charge < -0.3 is 14.8 Å². The summed E-state index contributed by atoms with van der Waals surface area (Å²) < 4.78 is 5.40. The molecule has 0 spiro atoms. The van der Waals surface area contributed by atoms with Crippen molar-refractivity contribution in [3.63, 3.8) is 0 Å². The first-order chi connectivity index (χ1) is 8.75. The van der Waals surface area contributed by atoms with Crippen LogP contribution in [0.1, 0.15) is 24.4 Å². The fourth-order valence-corrected chi connectivity index (χ4v) is 2.54. The van der Waals surface area contributed by atoms with Gasteiger partial charge in [-0.15, -0.1) is 0 Å². The Morgan fingerprint density at radius 1 is 1.56 bits per heavy atom. The molecule has 2 unspecified atom stereocenters. The van der Waals surface area contributed by atoms with Gasteiger partial charge in [0, 0.05) is 23.2 Å². The molecule has 3 heterocycles. The van der Waals surface area contributed by atoms with Crippen molar-refractivity contribution in [1.29, 1.82) is 0 Å². The molecule has 0 saturated carbocycles. The van der Waals surface area contributed by atoms with Gasteiger partial charge in [0.15, 0.2) is 0 Å². The number of nitrogens with one attached hydrogen (secondary N) is 1. The first-order valence-electron chi connectivity index (χ1n) is 6.04. The van der Waals surface area contributed by atoms with E-state index in [1.807, 2.05) is 12.1 Å². The largest absolute Gasteiger partial charge is 0.481 e. The maximum atomic E-state index is 11.1. The van der Waals surface area contributed by atoms with Gasteiger partial charge in [-0.3, -0.25) is 4.79 Å². The van der Waals surface area contributed by atoms with E-state index in [1.54, 1.807) is 12.5 Å². The summed E-state index contributed by atoms with van der Waals surface area (Å²) in [4.78, 5) is 15.2. The average molecular weight is 246 g/mol. The number of hydrogen-bond acceptors (Lipinski definition) is 4. The normalized spacial score (nSPS) is 24.2. The van der Waals surface area contributed by atoms with Crippen LogP contribution in [-0.4, -0.2) is 22.6 Å². The van der Waals surface area contributed by atoms with Gasteiger partial charge in [0.1, 0.15) is 0 Å². The maximum Gasteiger partial charge on any atom is 0.306 e. The molecule has 94 valence electrons. The van der Waals surface area contributed by atoms with Gasteiger partial charge in [-0.05, 0) is 31.5 Å². The number of pyridine rings is 1. The molecule has 1 saturated heterocycles. The zero-order valence-corrected chi connectivity index (χ0v) is 9.80. The molecule has 1 fully saturated rings. The molecule has 2 aromatic rings. The van der Waals surface area contributed by atoms with Crippen LogP contribution in [0.2, 0.25) is 0 Å². The molecule has 0 amide bonds. The number of carboxylic acids is 1. The van der Waals surface area contributed by atoms with Gasteiger partial charge in [0.25, 0.3) is 0 Å². The van der Waals surface area contributed by atoms with Gasteiger partial charge in [-0.2, -0.15) is 0 Å². The second kappa shape index (κ2) is 4.42. The molecule has 0 bridgehead atoms. The lowest BCUT2D eigenvalue weighted by Crippen LogP contribution is -2.34. The topological polar surface area (TPSA) is 75.4 Å². The van der Waals surface area contributed by atoms with Gasteiger partial charge in [0.2, 0.25) is 5.71 Å². The Kier molecular flexibility index (Phi) is 2.76. The first kappa shape index (κ1) is 11.2. The highest BCUT2D eigenvalue weighted by atomic mass is 16.4. The zero-order chi connectivity index (χ0) is 12.5. The number of hydrogen-bond donors (Lipinski definition) is 2. The third kappa shape index (κ3) is 1.86. The van der Waals surface area contributed by atoms with Crippen LogP contribution in [0.4, 0.5) is 0 Å². The van der Waals surface area contributed by atoms with Crippen LogP contribution in [0, 0.1) is 5.92 Å². The Labute approximate surface area is 104 Å². The summed E-state index contributed by atoms with van der Waals surface area (Å²) >= 11 is 0. The molecule has 0 aromatic carbocycles. The van der Waals surface area contributed by atoms with Crippen molar-refractivity contribution >= 4 is 17.1 Å². The summed E-state index contributed by atoms with van der Waals surface area (Å²) in [5, 5.41) is 13.4.